The summed E-state index contributed by atoms with van der Waals surface area (Å²) in [4.78, 5) is 21.8. The lowest BCUT2D eigenvalue weighted by Crippen LogP contribution is -2.14. The average molecular weight is 438 g/mol. The van der Waals surface area contributed by atoms with E-state index in [-0.39, 0.29) is 4.47 Å². The molecular formula is C15H15BrF2NO3PS. The van der Waals surface area contributed by atoms with Crippen LogP contribution >= 0.6 is 35.3 Å². The third-order valence-corrected chi connectivity index (χ3v) is 5.88. The third-order valence-electron chi connectivity index (χ3n) is 3.22. The zero-order valence-electron chi connectivity index (χ0n) is 12.4. The topological polar surface area (TPSA) is 70.4 Å². The van der Waals surface area contributed by atoms with Crippen LogP contribution in [-0.2, 0) is 16.6 Å². The Hall–Kier alpha value is -0.790. The molecule has 0 atom stereocenters. The quantitative estimate of drug-likeness (QED) is 0.370. The van der Waals surface area contributed by atoms with Crippen LogP contribution in [0.3, 0.4) is 0 Å². The van der Waals surface area contributed by atoms with Gasteiger partial charge in [-0.3, -0.25) is 4.57 Å². The van der Waals surface area contributed by atoms with Crippen molar-refractivity contribution in [3.8, 4) is 0 Å². The first-order valence-electron chi connectivity index (χ1n) is 6.98. The summed E-state index contributed by atoms with van der Waals surface area (Å²) in [6, 6.07) is 9.67. The van der Waals surface area contributed by atoms with Crippen LogP contribution in [0, 0.1) is 0 Å². The van der Waals surface area contributed by atoms with E-state index >= 15 is 0 Å². The number of aromatic nitrogens is 1. The van der Waals surface area contributed by atoms with Gasteiger partial charge in [0.2, 0.25) is 0 Å². The lowest BCUT2D eigenvalue weighted by molar-refractivity contribution is 0.0557. The lowest BCUT2D eigenvalue weighted by Gasteiger charge is -2.19. The molecule has 1 heterocycles. The Bertz CT molecular complexity index is 743. The van der Waals surface area contributed by atoms with E-state index in [2.05, 4.69) is 20.9 Å². The van der Waals surface area contributed by atoms with Gasteiger partial charge in [0.25, 0.3) is 0 Å². The molecule has 9 heteroatoms. The Kier molecular flexibility index (Phi) is 6.56. The molecule has 0 bridgehead atoms. The van der Waals surface area contributed by atoms with Crippen LogP contribution in [0.25, 0.3) is 0 Å². The maximum atomic E-state index is 13.7. The van der Waals surface area contributed by atoms with E-state index in [0.717, 1.165) is 28.8 Å². The van der Waals surface area contributed by atoms with Crippen molar-refractivity contribution in [3.63, 3.8) is 0 Å². The normalized spacial score (nSPS) is 12.4. The van der Waals surface area contributed by atoms with E-state index in [1.807, 2.05) is 18.2 Å². The second-order valence-corrected chi connectivity index (χ2v) is 8.64. The number of thioether (sulfide) groups is 1. The summed E-state index contributed by atoms with van der Waals surface area (Å²) in [6.07, 6.45) is 3.21. The highest BCUT2D eigenvalue weighted by Crippen LogP contribution is 2.60. The molecule has 0 aliphatic heterocycles. The lowest BCUT2D eigenvalue weighted by atomic mass is 10.1. The number of hydrogen-bond donors (Lipinski definition) is 2. The van der Waals surface area contributed by atoms with Gasteiger partial charge in [-0.25, -0.2) is 4.98 Å². The minimum Gasteiger partial charge on any atom is -0.320 e. The summed E-state index contributed by atoms with van der Waals surface area (Å²) in [5.74, 6) is 0.828. The van der Waals surface area contributed by atoms with E-state index < -0.39 is 18.8 Å². The standard InChI is InChI=1S/C15H15BrF2NO3PS/c16-13-10-11(4-3-9-24-14-5-1-2-8-19-14)6-7-12(13)15(17,18)23(20,21)22/h1-2,5-8,10H,3-4,9H2,(H2,20,21,22). The molecule has 1 aromatic carbocycles. The molecule has 0 unspecified atom stereocenters. The van der Waals surface area contributed by atoms with Crippen LogP contribution < -0.4 is 0 Å². The van der Waals surface area contributed by atoms with Crippen molar-refractivity contribution in [1.82, 2.24) is 4.98 Å². The molecule has 2 N–H and O–H groups in total. The first-order valence-corrected chi connectivity index (χ1v) is 10.4. The number of hydrogen-bond acceptors (Lipinski definition) is 3. The average Bonchev–Trinajstić information content (AvgIpc) is 2.51. The van der Waals surface area contributed by atoms with Gasteiger partial charge in [0, 0.05) is 16.2 Å². The number of rotatable bonds is 7. The molecule has 24 heavy (non-hydrogen) atoms. The van der Waals surface area contributed by atoms with Gasteiger partial charge >= 0.3 is 13.3 Å². The maximum absolute atomic E-state index is 13.7. The zero-order chi connectivity index (χ0) is 17.8. The van der Waals surface area contributed by atoms with E-state index in [0.29, 0.717) is 6.42 Å². The number of aryl methyl sites for hydroxylation is 1. The van der Waals surface area contributed by atoms with Gasteiger partial charge in [-0.2, -0.15) is 8.78 Å². The molecule has 0 aliphatic carbocycles. The Labute approximate surface area is 151 Å². The Morgan fingerprint density at radius 2 is 2.00 bits per heavy atom. The number of halogens is 3. The Balaban J connectivity index is 1.96. The van der Waals surface area contributed by atoms with E-state index in [9.17, 15) is 13.3 Å². The highest BCUT2D eigenvalue weighted by atomic mass is 79.9. The van der Waals surface area contributed by atoms with Crippen molar-refractivity contribution < 1.29 is 23.1 Å². The molecule has 0 fully saturated rings. The maximum Gasteiger partial charge on any atom is 0.399 e. The van der Waals surface area contributed by atoms with E-state index in [4.69, 9.17) is 9.79 Å². The van der Waals surface area contributed by atoms with Crippen molar-refractivity contribution in [1.29, 1.82) is 0 Å². The number of benzene rings is 1. The van der Waals surface area contributed by atoms with Crippen molar-refractivity contribution >= 4 is 35.3 Å². The van der Waals surface area contributed by atoms with Gasteiger partial charge in [0.1, 0.15) is 0 Å². The summed E-state index contributed by atoms with van der Waals surface area (Å²) in [6.45, 7) is 0. The molecule has 1 aromatic heterocycles. The predicted molar refractivity (Wildman–Crippen MR) is 93.4 cm³/mol. The Morgan fingerprint density at radius 3 is 2.58 bits per heavy atom. The highest BCUT2D eigenvalue weighted by Gasteiger charge is 2.51. The highest BCUT2D eigenvalue weighted by molar-refractivity contribution is 9.10. The van der Waals surface area contributed by atoms with Gasteiger partial charge in [-0.1, -0.05) is 34.1 Å². The smallest absolute Gasteiger partial charge is 0.320 e. The summed E-state index contributed by atoms with van der Waals surface area (Å²) in [5, 5.41) is 0.926. The van der Waals surface area contributed by atoms with Crippen LogP contribution in [0.5, 0.6) is 0 Å². The van der Waals surface area contributed by atoms with Crippen LogP contribution in [0.15, 0.2) is 52.1 Å². The van der Waals surface area contributed by atoms with Crippen LogP contribution in [0.4, 0.5) is 8.78 Å². The SMILES string of the molecule is O=P(O)(O)C(F)(F)c1ccc(CCCSc2ccccn2)cc1Br. The van der Waals surface area contributed by atoms with Crippen LogP contribution in [0.2, 0.25) is 0 Å². The van der Waals surface area contributed by atoms with Gasteiger partial charge in [-0.05, 0) is 42.4 Å². The van der Waals surface area contributed by atoms with Crippen molar-refractivity contribution in [3.05, 3.63) is 58.2 Å². The van der Waals surface area contributed by atoms with Crippen molar-refractivity contribution in [2.75, 3.05) is 5.75 Å². The first kappa shape index (κ1) is 19.5. The van der Waals surface area contributed by atoms with Gasteiger partial charge < -0.3 is 9.79 Å². The number of pyridine rings is 1. The third kappa shape index (κ3) is 4.86. The number of alkyl halides is 2. The predicted octanol–water partition coefficient (Wildman–Crippen LogP) is 4.80. The number of nitrogens with zero attached hydrogens (tertiary/aromatic N) is 1. The van der Waals surface area contributed by atoms with Gasteiger partial charge in [0.15, 0.2) is 0 Å². The van der Waals surface area contributed by atoms with Gasteiger partial charge in [0.05, 0.1) is 5.03 Å². The van der Waals surface area contributed by atoms with Crippen LogP contribution in [0.1, 0.15) is 17.5 Å². The van der Waals surface area contributed by atoms with Gasteiger partial charge in [-0.15, -0.1) is 11.8 Å². The molecule has 2 aromatic rings. The molecule has 0 aliphatic rings. The second-order valence-electron chi connectivity index (χ2n) is 5.02. The molecular weight excluding hydrogens is 423 g/mol. The fraction of sp³-hybridized carbons (Fsp3) is 0.267. The van der Waals surface area contributed by atoms with Crippen molar-refractivity contribution in [2.24, 2.45) is 0 Å². The molecule has 0 saturated carbocycles. The fourth-order valence-corrected chi connectivity index (χ4v) is 4.15. The Morgan fingerprint density at radius 1 is 1.25 bits per heavy atom. The first-order chi connectivity index (χ1) is 11.2. The fourth-order valence-electron chi connectivity index (χ4n) is 2.00. The summed E-state index contributed by atoms with van der Waals surface area (Å²) in [7, 11) is -5.57. The molecule has 4 nitrogen and oxygen atoms in total. The van der Waals surface area contributed by atoms with E-state index in [1.165, 1.54) is 12.1 Å². The van der Waals surface area contributed by atoms with Crippen molar-refractivity contribution in [2.45, 2.75) is 23.5 Å². The summed E-state index contributed by atoms with van der Waals surface area (Å²) in [5.41, 5.74) is -4.10. The summed E-state index contributed by atoms with van der Waals surface area (Å²) < 4.78 is 38.4. The molecule has 130 valence electrons. The molecule has 0 saturated heterocycles. The monoisotopic (exact) mass is 437 g/mol. The molecule has 0 radical (unpaired) electrons. The zero-order valence-corrected chi connectivity index (χ0v) is 15.7. The second kappa shape index (κ2) is 8.06. The minimum absolute atomic E-state index is 0.00861. The summed E-state index contributed by atoms with van der Waals surface area (Å²) >= 11 is 4.59. The molecule has 0 spiro atoms. The molecule has 0 amide bonds. The van der Waals surface area contributed by atoms with Crippen LogP contribution in [-0.4, -0.2) is 20.5 Å². The largest absolute Gasteiger partial charge is 0.399 e. The minimum atomic E-state index is -5.57. The van der Waals surface area contributed by atoms with E-state index in [1.54, 1.807) is 18.0 Å². The molecule has 2 rings (SSSR count).